The van der Waals surface area contributed by atoms with Crippen LogP contribution in [0.3, 0.4) is 0 Å². The largest absolute Gasteiger partial charge is 0.379 e. The summed E-state index contributed by atoms with van der Waals surface area (Å²) in [4.78, 5) is 24.5. The van der Waals surface area contributed by atoms with Gasteiger partial charge in [-0.3, -0.25) is 14.7 Å². The van der Waals surface area contributed by atoms with Gasteiger partial charge in [-0.1, -0.05) is 17.7 Å². The standard InChI is InChI=1S/C23H26N4O2/c1-17-6-7-20-18(15-17)19(16-22(26-20)21-5-2-3-8-24-21)23(28)25-9-4-10-27-11-13-29-14-12-27/h2-3,5-8,15-16H,4,9-14H2,1H3,(H,25,28). The van der Waals surface area contributed by atoms with Crippen LogP contribution in [0.5, 0.6) is 0 Å². The molecule has 1 fully saturated rings. The second-order valence-corrected chi connectivity index (χ2v) is 7.35. The number of morpholine rings is 1. The second kappa shape index (κ2) is 9.11. The van der Waals surface area contributed by atoms with Gasteiger partial charge in [0.2, 0.25) is 0 Å². The maximum Gasteiger partial charge on any atom is 0.252 e. The van der Waals surface area contributed by atoms with Crippen molar-refractivity contribution in [3.63, 3.8) is 0 Å². The maximum atomic E-state index is 13.0. The lowest BCUT2D eigenvalue weighted by Crippen LogP contribution is -2.38. The molecule has 3 heterocycles. The summed E-state index contributed by atoms with van der Waals surface area (Å²) in [6, 6.07) is 13.6. The first-order chi connectivity index (χ1) is 14.2. The zero-order valence-corrected chi connectivity index (χ0v) is 16.7. The molecule has 1 aliphatic rings. The minimum atomic E-state index is -0.0674. The number of nitrogens with zero attached hydrogens (tertiary/aromatic N) is 3. The van der Waals surface area contributed by atoms with Gasteiger partial charge in [0.1, 0.15) is 0 Å². The molecular weight excluding hydrogens is 364 g/mol. The van der Waals surface area contributed by atoms with E-state index in [0.29, 0.717) is 17.8 Å². The Bertz CT molecular complexity index is 985. The van der Waals surface area contributed by atoms with Gasteiger partial charge in [0.25, 0.3) is 5.91 Å². The number of ether oxygens (including phenoxy) is 1. The van der Waals surface area contributed by atoms with Crippen molar-refractivity contribution in [2.45, 2.75) is 13.3 Å². The quantitative estimate of drug-likeness (QED) is 0.655. The molecular formula is C23H26N4O2. The van der Waals surface area contributed by atoms with Gasteiger partial charge < -0.3 is 10.1 Å². The topological polar surface area (TPSA) is 67.4 Å². The molecule has 0 unspecified atom stereocenters. The number of carbonyl (C=O) groups excluding carboxylic acids is 1. The number of hydrogen-bond acceptors (Lipinski definition) is 5. The van der Waals surface area contributed by atoms with Gasteiger partial charge in [0.05, 0.1) is 35.7 Å². The molecule has 0 bridgehead atoms. The minimum Gasteiger partial charge on any atom is -0.379 e. The number of aryl methyl sites for hydroxylation is 1. The van der Waals surface area contributed by atoms with Crippen LogP contribution < -0.4 is 5.32 Å². The fourth-order valence-electron chi connectivity index (χ4n) is 3.60. The highest BCUT2D eigenvalue weighted by molar-refractivity contribution is 6.07. The molecule has 1 aromatic carbocycles. The van der Waals surface area contributed by atoms with Crippen LogP contribution in [-0.2, 0) is 4.74 Å². The predicted molar refractivity (Wildman–Crippen MR) is 114 cm³/mol. The third kappa shape index (κ3) is 4.78. The van der Waals surface area contributed by atoms with Crippen molar-refractivity contribution >= 4 is 16.8 Å². The highest BCUT2D eigenvalue weighted by atomic mass is 16.5. The van der Waals surface area contributed by atoms with Crippen LogP contribution in [0.4, 0.5) is 0 Å². The molecule has 3 aromatic rings. The van der Waals surface area contributed by atoms with Crippen molar-refractivity contribution in [3.05, 3.63) is 59.8 Å². The van der Waals surface area contributed by atoms with Gasteiger partial charge in [-0.15, -0.1) is 0 Å². The van der Waals surface area contributed by atoms with Gasteiger partial charge in [-0.25, -0.2) is 4.98 Å². The summed E-state index contributed by atoms with van der Waals surface area (Å²) < 4.78 is 5.38. The molecule has 6 heteroatoms. The molecule has 29 heavy (non-hydrogen) atoms. The maximum absolute atomic E-state index is 13.0. The minimum absolute atomic E-state index is 0.0674. The number of carbonyl (C=O) groups is 1. The Hall–Kier alpha value is -2.83. The van der Waals surface area contributed by atoms with Crippen molar-refractivity contribution in [1.82, 2.24) is 20.2 Å². The zero-order chi connectivity index (χ0) is 20.1. The molecule has 1 saturated heterocycles. The number of fused-ring (bicyclic) bond motifs is 1. The number of rotatable bonds is 6. The number of amides is 1. The molecule has 0 aliphatic carbocycles. The molecule has 4 rings (SSSR count). The summed E-state index contributed by atoms with van der Waals surface area (Å²) in [7, 11) is 0. The van der Waals surface area contributed by atoms with Gasteiger partial charge in [0, 0.05) is 31.2 Å². The molecule has 1 amide bonds. The Morgan fingerprint density at radius 3 is 2.79 bits per heavy atom. The normalized spacial score (nSPS) is 14.8. The number of aromatic nitrogens is 2. The van der Waals surface area contributed by atoms with Crippen molar-refractivity contribution in [2.24, 2.45) is 0 Å². The summed E-state index contributed by atoms with van der Waals surface area (Å²) in [6.07, 6.45) is 2.66. The molecule has 6 nitrogen and oxygen atoms in total. The molecule has 1 N–H and O–H groups in total. The average Bonchev–Trinajstić information content (AvgIpc) is 2.77. The van der Waals surface area contributed by atoms with Crippen molar-refractivity contribution < 1.29 is 9.53 Å². The van der Waals surface area contributed by atoms with Crippen molar-refractivity contribution in [2.75, 3.05) is 39.4 Å². The van der Waals surface area contributed by atoms with E-state index in [9.17, 15) is 4.79 Å². The van der Waals surface area contributed by atoms with Gasteiger partial charge in [-0.2, -0.15) is 0 Å². The van der Waals surface area contributed by atoms with Crippen LogP contribution >= 0.6 is 0 Å². The fourth-order valence-corrected chi connectivity index (χ4v) is 3.60. The van der Waals surface area contributed by atoms with E-state index in [4.69, 9.17) is 9.72 Å². The summed E-state index contributed by atoms with van der Waals surface area (Å²) in [5.41, 5.74) is 4.02. The van der Waals surface area contributed by atoms with E-state index >= 15 is 0 Å². The first-order valence-electron chi connectivity index (χ1n) is 10.1. The summed E-state index contributed by atoms with van der Waals surface area (Å²) in [5.74, 6) is -0.0674. The SMILES string of the molecule is Cc1ccc2nc(-c3ccccn3)cc(C(=O)NCCCN3CCOCC3)c2c1. The molecule has 2 aromatic heterocycles. The van der Waals surface area contributed by atoms with E-state index in [1.807, 2.05) is 49.4 Å². The second-order valence-electron chi connectivity index (χ2n) is 7.35. The third-order valence-corrected chi connectivity index (χ3v) is 5.18. The molecule has 0 spiro atoms. The van der Waals surface area contributed by atoms with Crippen molar-refractivity contribution in [3.8, 4) is 11.4 Å². The van der Waals surface area contributed by atoms with Crippen LogP contribution in [0.15, 0.2) is 48.7 Å². The number of hydrogen-bond donors (Lipinski definition) is 1. The zero-order valence-electron chi connectivity index (χ0n) is 16.7. The first-order valence-corrected chi connectivity index (χ1v) is 10.1. The van der Waals surface area contributed by atoms with Crippen LogP contribution in [0.1, 0.15) is 22.3 Å². The van der Waals surface area contributed by atoms with E-state index < -0.39 is 0 Å². The molecule has 150 valence electrons. The monoisotopic (exact) mass is 390 g/mol. The highest BCUT2D eigenvalue weighted by Gasteiger charge is 2.15. The number of pyridine rings is 2. The van der Waals surface area contributed by atoms with E-state index in [0.717, 1.165) is 61.4 Å². The number of benzene rings is 1. The van der Waals surface area contributed by atoms with Crippen LogP contribution in [0, 0.1) is 6.92 Å². The molecule has 0 atom stereocenters. The molecule has 0 radical (unpaired) electrons. The highest BCUT2D eigenvalue weighted by Crippen LogP contribution is 2.24. The van der Waals surface area contributed by atoms with Crippen molar-refractivity contribution in [1.29, 1.82) is 0 Å². The lowest BCUT2D eigenvalue weighted by Gasteiger charge is -2.26. The summed E-state index contributed by atoms with van der Waals surface area (Å²) >= 11 is 0. The third-order valence-electron chi connectivity index (χ3n) is 5.18. The lowest BCUT2D eigenvalue weighted by atomic mass is 10.0. The first kappa shape index (κ1) is 19.5. The van der Waals surface area contributed by atoms with Gasteiger partial charge in [-0.05, 0) is 50.2 Å². The van der Waals surface area contributed by atoms with Crippen LogP contribution in [-0.4, -0.2) is 60.2 Å². The van der Waals surface area contributed by atoms with E-state index in [1.54, 1.807) is 6.20 Å². The number of nitrogens with one attached hydrogen (secondary N) is 1. The summed E-state index contributed by atoms with van der Waals surface area (Å²) in [5, 5.41) is 3.95. The Kier molecular flexibility index (Phi) is 6.12. The van der Waals surface area contributed by atoms with E-state index in [1.165, 1.54) is 0 Å². The Labute approximate surface area is 170 Å². The van der Waals surface area contributed by atoms with Gasteiger partial charge in [0.15, 0.2) is 0 Å². The fraction of sp³-hybridized carbons (Fsp3) is 0.348. The lowest BCUT2D eigenvalue weighted by molar-refractivity contribution is 0.0374. The van der Waals surface area contributed by atoms with E-state index in [2.05, 4.69) is 15.2 Å². The Balaban J connectivity index is 1.52. The summed E-state index contributed by atoms with van der Waals surface area (Å²) in [6.45, 7) is 7.17. The average molecular weight is 390 g/mol. The Morgan fingerprint density at radius 2 is 2.00 bits per heavy atom. The molecule has 1 aliphatic heterocycles. The molecule has 0 saturated carbocycles. The van der Waals surface area contributed by atoms with Crippen LogP contribution in [0.2, 0.25) is 0 Å². The predicted octanol–water partition coefficient (Wildman–Crippen LogP) is 3.06. The van der Waals surface area contributed by atoms with Gasteiger partial charge >= 0.3 is 0 Å². The van der Waals surface area contributed by atoms with E-state index in [-0.39, 0.29) is 5.91 Å². The smallest absolute Gasteiger partial charge is 0.252 e. The Morgan fingerprint density at radius 1 is 1.14 bits per heavy atom. The van der Waals surface area contributed by atoms with Crippen LogP contribution in [0.25, 0.3) is 22.3 Å².